The molecule has 3 amide bonds. The van der Waals surface area contributed by atoms with Crippen LogP contribution in [-0.4, -0.2) is 93.4 Å². The monoisotopic (exact) mass is 859 g/mol. The van der Waals surface area contributed by atoms with Crippen molar-refractivity contribution in [2.24, 2.45) is 17.3 Å². The summed E-state index contributed by atoms with van der Waals surface area (Å²) in [6, 6.07) is 2.54. The Labute approximate surface area is 360 Å². The Bertz CT molecular complexity index is 1770. The Kier molecular flexibility index (Phi) is 19.0. The Morgan fingerprint density at radius 1 is 1.07 bits per heavy atom. The molecule has 13 nitrogen and oxygen atoms in total. The number of unbranched alkanes of at least 4 members (excludes halogenated alkanes) is 3. The van der Waals surface area contributed by atoms with Gasteiger partial charge in [-0.3, -0.25) is 28.9 Å². The van der Waals surface area contributed by atoms with Gasteiger partial charge in [-0.15, -0.1) is 11.3 Å². The molecule has 0 saturated carbocycles. The molecule has 60 heavy (non-hydrogen) atoms. The zero-order valence-corrected chi connectivity index (χ0v) is 38.4. The van der Waals surface area contributed by atoms with Gasteiger partial charge in [0.15, 0.2) is 6.10 Å². The second kappa shape index (κ2) is 22.7. The number of rotatable bonds is 23. The van der Waals surface area contributed by atoms with Crippen molar-refractivity contribution >= 4 is 46.7 Å². The standard InChI is InChI=1S/C45H71FN6O7S/c1-11-13-14-16-22-52(42(56)38(29(5)12-2)50-40(55)36-18-15-17-21-51(36)10)45(9,28(3)4)26-37(59-30(6)53)41-49-35(27-60-41)39(54)48-32(25-44(7,8)43(57)58)23-31-19-20-34(47)33(46)24-31/h19-20,24,27-29,32,36-38H,11-18,21-23,25-26,47H2,1-10H3,(H,48,54)(H,50,55)(H,57,58)/t29-,32+,36+,37+,38-,45?/m0/s1. The van der Waals surface area contributed by atoms with Crippen LogP contribution in [0.1, 0.15) is 154 Å². The first-order chi connectivity index (χ1) is 28.1. The lowest BCUT2D eigenvalue weighted by Crippen LogP contribution is -2.62. The summed E-state index contributed by atoms with van der Waals surface area (Å²) < 4.78 is 20.3. The number of carboxylic acid groups (broad SMARTS) is 1. The minimum absolute atomic E-state index is 0.0233. The zero-order chi connectivity index (χ0) is 44.9. The molecule has 336 valence electrons. The molecule has 1 aromatic heterocycles. The van der Waals surface area contributed by atoms with Gasteiger partial charge in [-0.05, 0) is 96.0 Å². The number of nitrogen functional groups attached to an aromatic ring is 1. The third-order valence-electron chi connectivity index (χ3n) is 12.4. The first-order valence-electron chi connectivity index (χ1n) is 21.7. The van der Waals surface area contributed by atoms with Gasteiger partial charge >= 0.3 is 11.9 Å². The number of likely N-dealkylation sites (N-methyl/N-ethyl adjacent to an activating group) is 1. The van der Waals surface area contributed by atoms with Crippen LogP contribution < -0.4 is 16.4 Å². The number of nitrogens with two attached hydrogens (primary N) is 1. The van der Waals surface area contributed by atoms with E-state index in [2.05, 4.69) is 27.4 Å². The number of hydrogen-bond acceptors (Lipinski definition) is 10. The highest BCUT2D eigenvalue weighted by Gasteiger charge is 2.45. The van der Waals surface area contributed by atoms with Gasteiger partial charge in [-0.25, -0.2) is 9.37 Å². The van der Waals surface area contributed by atoms with Crippen LogP contribution in [0.5, 0.6) is 0 Å². The number of likely N-dealkylation sites (tertiary alicyclic amines) is 1. The molecule has 6 atom stereocenters. The Morgan fingerprint density at radius 2 is 1.77 bits per heavy atom. The van der Waals surface area contributed by atoms with Gasteiger partial charge in [0, 0.05) is 36.9 Å². The fraction of sp³-hybridized carbons (Fsp3) is 0.689. The Balaban J connectivity index is 2.00. The molecule has 0 radical (unpaired) electrons. The zero-order valence-electron chi connectivity index (χ0n) is 37.6. The van der Waals surface area contributed by atoms with Crippen LogP contribution in [-0.2, 0) is 30.3 Å². The van der Waals surface area contributed by atoms with E-state index in [1.807, 2.05) is 46.6 Å². The molecule has 1 saturated heterocycles. The molecular formula is C45H71FN6O7S. The predicted molar refractivity (Wildman–Crippen MR) is 234 cm³/mol. The Hall–Kier alpha value is -4.11. The van der Waals surface area contributed by atoms with Crippen LogP contribution in [0.2, 0.25) is 0 Å². The van der Waals surface area contributed by atoms with Gasteiger partial charge in [-0.2, -0.15) is 0 Å². The fourth-order valence-corrected chi connectivity index (χ4v) is 8.72. The first kappa shape index (κ1) is 50.2. The van der Waals surface area contributed by atoms with E-state index in [0.29, 0.717) is 23.5 Å². The summed E-state index contributed by atoms with van der Waals surface area (Å²) in [6.07, 6.45) is 6.48. The van der Waals surface area contributed by atoms with E-state index in [1.165, 1.54) is 19.1 Å². The number of nitrogens with zero attached hydrogens (tertiary/aromatic N) is 3. The number of nitrogens with one attached hydrogen (secondary N) is 2. The molecule has 1 aromatic carbocycles. The van der Waals surface area contributed by atoms with E-state index in [9.17, 15) is 28.7 Å². The van der Waals surface area contributed by atoms with Gasteiger partial charge in [0.25, 0.3) is 5.91 Å². The molecule has 5 N–H and O–H groups in total. The van der Waals surface area contributed by atoms with Crippen LogP contribution in [0, 0.1) is 23.1 Å². The summed E-state index contributed by atoms with van der Waals surface area (Å²) in [4.78, 5) is 76.1. The van der Waals surface area contributed by atoms with Crippen molar-refractivity contribution in [3.63, 3.8) is 0 Å². The van der Waals surface area contributed by atoms with Crippen molar-refractivity contribution in [2.75, 3.05) is 25.9 Å². The lowest BCUT2D eigenvalue weighted by atomic mass is 9.80. The second-order valence-corrected chi connectivity index (χ2v) is 18.8. The van der Waals surface area contributed by atoms with E-state index >= 15 is 4.79 Å². The molecule has 15 heteroatoms. The maximum Gasteiger partial charge on any atom is 0.309 e. The van der Waals surface area contributed by atoms with Crippen molar-refractivity contribution in [1.82, 2.24) is 25.4 Å². The minimum Gasteiger partial charge on any atom is -0.481 e. The number of carbonyl (C=O) groups excluding carboxylic acids is 4. The second-order valence-electron chi connectivity index (χ2n) is 17.9. The van der Waals surface area contributed by atoms with E-state index in [4.69, 9.17) is 10.5 Å². The molecule has 2 heterocycles. The number of piperidine rings is 1. The Morgan fingerprint density at radius 3 is 2.35 bits per heavy atom. The maximum absolute atomic E-state index is 15.1. The number of aliphatic carboxylic acids is 1. The number of carboxylic acids is 1. The van der Waals surface area contributed by atoms with Gasteiger partial charge in [-0.1, -0.05) is 72.8 Å². The van der Waals surface area contributed by atoms with Crippen LogP contribution in [0.15, 0.2) is 23.6 Å². The number of thiazole rings is 1. The molecule has 1 unspecified atom stereocenters. The van der Waals surface area contributed by atoms with E-state index in [1.54, 1.807) is 25.3 Å². The van der Waals surface area contributed by atoms with Crippen molar-refractivity contribution < 1.29 is 38.2 Å². The number of aromatic nitrogens is 1. The quantitative estimate of drug-likeness (QED) is 0.0495. The van der Waals surface area contributed by atoms with Crippen molar-refractivity contribution in [2.45, 2.75) is 163 Å². The SMILES string of the molecule is CCCCCCN(C(=O)[C@@H](NC(=O)[C@H]1CCCCN1C)[C@@H](C)CC)C(C)(C[C@@H](OC(C)=O)c1nc(C(=O)N[C@H](Cc2ccc(N)c(F)c2)CC(C)(C)C(=O)O)cs1)C(C)C. The van der Waals surface area contributed by atoms with Crippen LogP contribution in [0.4, 0.5) is 10.1 Å². The number of halogens is 1. The number of esters is 1. The van der Waals surface area contributed by atoms with Gasteiger partial charge in [0.1, 0.15) is 22.6 Å². The number of carbonyl (C=O) groups is 5. The van der Waals surface area contributed by atoms with Crippen LogP contribution in [0.3, 0.4) is 0 Å². The third-order valence-corrected chi connectivity index (χ3v) is 13.3. The number of hydrogen-bond donors (Lipinski definition) is 4. The average Bonchev–Trinajstić information content (AvgIpc) is 3.68. The van der Waals surface area contributed by atoms with Gasteiger partial charge < -0.3 is 31.1 Å². The molecule has 1 fully saturated rings. The van der Waals surface area contributed by atoms with Crippen molar-refractivity contribution in [1.29, 1.82) is 0 Å². The summed E-state index contributed by atoms with van der Waals surface area (Å²) in [5.74, 6) is -3.41. The number of benzene rings is 1. The van der Waals surface area contributed by atoms with Crippen molar-refractivity contribution in [3.05, 3.63) is 45.7 Å². The molecule has 1 aliphatic rings. The summed E-state index contributed by atoms with van der Waals surface area (Å²) in [7, 11) is 1.95. The number of anilines is 1. The lowest BCUT2D eigenvalue weighted by Gasteiger charge is -2.48. The van der Waals surface area contributed by atoms with Gasteiger partial charge in [0.05, 0.1) is 17.1 Å². The molecule has 0 spiro atoms. The van der Waals surface area contributed by atoms with E-state index in [-0.39, 0.29) is 60.3 Å². The summed E-state index contributed by atoms with van der Waals surface area (Å²) in [6.45, 7) is 17.8. The third kappa shape index (κ3) is 13.7. The fourth-order valence-electron chi connectivity index (χ4n) is 7.89. The highest BCUT2D eigenvalue weighted by molar-refractivity contribution is 7.09. The topological polar surface area (TPSA) is 184 Å². The highest BCUT2D eigenvalue weighted by atomic mass is 32.1. The molecule has 3 rings (SSSR count). The number of amides is 3. The average molecular weight is 859 g/mol. The lowest BCUT2D eigenvalue weighted by molar-refractivity contribution is -0.154. The molecule has 1 aliphatic heterocycles. The highest BCUT2D eigenvalue weighted by Crippen LogP contribution is 2.39. The van der Waals surface area contributed by atoms with Crippen LogP contribution in [0.25, 0.3) is 0 Å². The predicted octanol–water partition coefficient (Wildman–Crippen LogP) is 7.54. The summed E-state index contributed by atoms with van der Waals surface area (Å²) >= 11 is 1.14. The first-order valence-corrected chi connectivity index (χ1v) is 22.6. The van der Waals surface area contributed by atoms with E-state index in [0.717, 1.165) is 62.8 Å². The smallest absolute Gasteiger partial charge is 0.309 e. The summed E-state index contributed by atoms with van der Waals surface area (Å²) in [5.41, 5.74) is 4.11. The minimum atomic E-state index is -1.22. The normalized spacial score (nSPS) is 17.8. The van der Waals surface area contributed by atoms with Crippen molar-refractivity contribution in [3.8, 4) is 0 Å². The van der Waals surface area contributed by atoms with Gasteiger partial charge in [0.2, 0.25) is 11.8 Å². The molecule has 0 aliphatic carbocycles. The molecular weight excluding hydrogens is 788 g/mol. The largest absolute Gasteiger partial charge is 0.481 e. The number of ether oxygens (including phenoxy) is 1. The molecule has 2 aromatic rings. The molecule has 0 bridgehead atoms. The summed E-state index contributed by atoms with van der Waals surface area (Å²) in [5, 5.41) is 17.9. The van der Waals surface area contributed by atoms with E-state index < -0.39 is 52.8 Å². The van der Waals surface area contributed by atoms with Crippen LogP contribution >= 0.6 is 11.3 Å². The maximum atomic E-state index is 15.1.